The van der Waals surface area contributed by atoms with Crippen molar-refractivity contribution in [2.75, 3.05) is 28.3 Å². The molecule has 0 fully saturated rings. The number of carbonyl (C=O) groups is 2. The number of methoxy groups -OCH3 is 2. The molecule has 17 heavy (non-hydrogen) atoms. The molecular formula is C12H19NO4. The lowest BCUT2D eigenvalue weighted by Crippen LogP contribution is -2.33. The van der Waals surface area contributed by atoms with Gasteiger partial charge >= 0.3 is 11.9 Å². The number of allylic oxidation sites excluding steroid dienone is 1. The zero-order valence-corrected chi connectivity index (χ0v) is 10.8. The minimum atomic E-state index is -0.275. The summed E-state index contributed by atoms with van der Waals surface area (Å²) >= 11 is 0. The summed E-state index contributed by atoms with van der Waals surface area (Å²) < 4.78 is 9.31. The van der Waals surface area contributed by atoms with E-state index in [2.05, 4.69) is 4.74 Å². The molecule has 5 nitrogen and oxygen atoms in total. The summed E-state index contributed by atoms with van der Waals surface area (Å²) in [5.74, 6) is -0.240. The Morgan fingerprint density at radius 3 is 2.41 bits per heavy atom. The van der Waals surface area contributed by atoms with Crippen LogP contribution in [-0.4, -0.2) is 45.2 Å². The first-order valence-corrected chi connectivity index (χ1v) is 5.56. The molecule has 0 radical (unpaired) electrons. The van der Waals surface area contributed by atoms with Crippen LogP contribution in [0.2, 0.25) is 0 Å². The first-order valence-electron chi connectivity index (χ1n) is 5.56. The third-order valence-corrected chi connectivity index (χ3v) is 2.98. The van der Waals surface area contributed by atoms with Crippen LogP contribution in [-0.2, 0) is 19.1 Å². The Kier molecular flexibility index (Phi) is 4.54. The summed E-state index contributed by atoms with van der Waals surface area (Å²) in [6.45, 7) is 0. The SMILES string of the molecule is COC(=O)CCC1CC(C(=O)OC)=C1N(C)C. The zero-order chi connectivity index (χ0) is 13.0. The molecule has 96 valence electrons. The maximum atomic E-state index is 11.5. The van der Waals surface area contributed by atoms with Gasteiger partial charge in [0.25, 0.3) is 0 Å². The number of carbonyl (C=O) groups excluding carboxylic acids is 2. The zero-order valence-electron chi connectivity index (χ0n) is 10.8. The number of nitrogens with zero attached hydrogens (tertiary/aromatic N) is 1. The summed E-state index contributed by atoms with van der Waals surface area (Å²) in [5, 5.41) is 0. The van der Waals surface area contributed by atoms with E-state index in [0.29, 0.717) is 24.8 Å². The largest absolute Gasteiger partial charge is 0.469 e. The van der Waals surface area contributed by atoms with Gasteiger partial charge < -0.3 is 14.4 Å². The van der Waals surface area contributed by atoms with Crippen LogP contribution in [0.3, 0.4) is 0 Å². The van der Waals surface area contributed by atoms with E-state index in [9.17, 15) is 9.59 Å². The van der Waals surface area contributed by atoms with Gasteiger partial charge in [0.05, 0.1) is 19.8 Å². The molecule has 0 saturated carbocycles. The fraction of sp³-hybridized carbons (Fsp3) is 0.667. The van der Waals surface area contributed by atoms with Gasteiger partial charge in [0.1, 0.15) is 0 Å². The minimum Gasteiger partial charge on any atom is -0.469 e. The van der Waals surface area contributed by atoms with Crippen LogP contribution >= 0.6 is 0 Å². The Bertz CT molecular complexity index is 346. The van der Waals surface area contributed by atoms with E-state index >= 15 is 0 Å². The number of esters is 2. The van der Waals surface area contributed by atoms with Crippen LogP contribution < -0.4 is 0 Å². The molecule has 0 aromatic heterocycles. The van der Waals surface area contributed by atoms with Gasteiger partial charge in [-0.15, -0.1) is 0 Å². The van der Waals surface area contributed by atoms with E-state index in [1.165, 1.54) is 14.2 Å². The van der Waals surface area contributed by atoms with Crippen molar-refractivity contribution in [1.29, 1.82) is 0 Å². The van der Waals surface area contributed by atoms with Gasteiger partial charge in [0, 0.05) is 32.1 Å². The Labute approximate surface area is 101 Å². The quantitative estimate of drug-likeness (QED) is 0.671. The molecule has 1 aliphatic rings. The van der Waals surface area contributed by atoms with Gasteiger partial charge in [-0.1, -0.05) is 0 Å². The van der Waals surface area contributed by atoms with Crippen molar-refractivity contribution in [1.82, 2.24) is 4.90 Å². The number of rotatable bonds is 5. The average molecular weight is 241 g/mol. The Hall–Kier alpha value is -1.52. The number of ether oxygens (including phenoxy) is 2. The van der Waals surface area contributed by atoms with Gasteiger partial charge in [-0.05, 0) is 12.8 Å². The van der Waals surface area contributed by atoms with Crippen molar-refractivity contribution < 1.29 is 19.1 Å². The first-order chi connectivity index (χ1) is 8.01. The summed E-state index contributed by atoms with van der Waals surface area (Å²) in [7, 11) is 6.54. The van der Waals surface area contributed by atoms with E-state index in [0.717, 1.165) is 5.70 Å². The van der Waals surface area contributed by atoms with Gasteiger partial charge in [0.15, 0.2) is 0 Å². The van der Waals surface area contributed by atoms with Gasteiger partial charge in [-0.25, -0.2) is 4.79 Å². The second-order valence-electron chi connectivity index (χ2n) is 4.27. The fourth-order valence-electron chi connectivity index (χ4n) is 2.14. The summed E-state index contributed by atoms with van der Waals surface area (Å²) in [4.78, 5) is 24.4. The van der Waals surface area contributed by atoms with Crippen LogP contribution in [0, 0.1) is 5.92 Å². The predicted octanol–water partition coefficient (Wildman–Crippen LogP) is 0.948. The Morgan fingerprint density at radius 1 is 1.29 bits per heavy atom. The average Bonchev–Trinajstić information content (AvgIpc) is 2.25. The molecule has 0 aliphatic heterocycles. The van der Waals surface area contributed by atoms with E-state index in [-0.39, 0.29) is 17.9 Å². The lowest BCUT2D eigenvalue weighted by molar-refractivity contribution is -0.140. The molecule has 0 N–H and O–H groups in total. The van der Waals surface area contributed by atoms with Crippen molar-refractivity contribution in [3.63, 3.8) is 0 Å². The van der Waals surface area contributed by atoms with Crippen LogP contribution in [0.25, 0.3) is 0 Å². The summed E-state index contributed by atoms with van der Waals surface area (Å²) in [6.07, 6.45) is 1.77. The van der Waals surface area contributed by atoms with Crippen molar-refractivity contribution in [3.8, 4) is 0 Å². The van der Waals surface area contributed by atoms with Gasteiger partial charge in [0.2, 0.25) is 0 Å². The van der Waals surface area contributed by atoms with E-state index in [4.69, 9.17) is 4.74 Å². The lowest BCUT2D eigenvalue weighted by Gasteiger charge is -2.36. The topological polar surface area (TPSA) is 55.8 Å². The molecule has 1 unspecified atom stereocenters. The van der Waals surface area contributed by atoms with E-state index < -0.39 is 0 Å². The van der Waals surface area contributed by atoms with Crippen LogP contribution in [0.1, 0.15) is 19.3 Å². The molecule has 0 amide bonds. The maximum Gasteiger partial charge on any atom is 0.335 e. The standard InChI is InChI=1S/C12H19NO4/c1-13(2)11-8(5-6-10(14)16-3)7-9(11)12(15)17-4/h8H,5-7H2,1-4H3. The lowest BCUT2D eigenvalue weighted by atomic mass is 9.78. The minimum absolute atomic E-state index is 0.213. The highest BCUT2D eigenvalue weighted by molar-refractivity contribution is 5.91. The third kappa shape index (κ3) is 2.99. The van der Waals surface area contributed by atoms with Crippen molar-refractivity contribution in [2.45, 2.75) is 19.3 Å². The first kappa shape index (κ1) is 13.5. The third-order valence-electron chi connectivity index (χ3n) is 2.98. The maximum absolute atomic E-state index is 11.5. The second kappa shape index (κ2) is 5.70. The Balaban J connectivity index is 2.64. The molecule has 1 atom stereocenters. The van der Waals surface area contributed by atoms with Crippen LogP contribution in [0.5, 0.6) is 0 Å². The number of hydrogen-bond donors (Lipinski definition) is 0. The molecule has 0 saturated heterocycles. The van der Waals surface area contributed by atoms with E-state index in [1.807, 2.05) is 19.0 Å². The van der Waals surface area contributed by atoms with Crippen LogP contribution in [0.15, 0.2) is 11.3 Å². The molecule has 0 spiro atoms. The molecular weight excluding hydrogens is 222 g/mol. The van der Waals surface area contributed by atoms with Gasteiger partial charge in [-0.3, -0.25) is 4.79 Å². The highest BCUT2D eigenvalue weighted by atomic mass is 16.5. The highest BCUT2D eigenvalue weighted by Crippen LogP contribution is 2.39. The van der Waals surface area contributed by atoms with E-state index in [1.54, 1.807) is 0 Å². The molecule has 5 heteroatoms. The van der Waals surface area contributed by atoms with Crippen molar-refractivity contribution >= 4 is 11.9 Å². The van der Waals surface area contributed by atoms with Crippen LogP contribution in [0.4, 0.5) is 0 Å². The molecule has 1 rings (SSSR count). The normalized spacial score (nSPS) is 18.5. The van der Waals surface area contributed by atoms with Gasteiger partial charge in [-0.2, -0.15) is 0 Å². The molecule has 1 aliphatic carbocycles. The molecule has 0 heterocycles. The van der Waals surface area contributed by atoms with Crippen molar-refractivity contribution in [3.05, 3.63) is 11.3 Å². The second-order valence-corrected chi connectivity index (χ2v) is 4.27. The predicted molar refractivity (Wildman–Crippen MR) is 62.1 cm³/mol. The van der Waals surface area contributed by atoms with Crippen molar-refractivity contribution in [2.24, 2.45) is 5.92 Å². The number of hydrogen-bond acceptors (Lipinski definition) is 5. The summed E-state index contributed by atoms with van der Waals surface area (Å²) in [5.41, 5.74) is 1.69. The fourth-order valence-corrected chi connectivity index (χ4v) is 2.14. The summed E-state index contributed by atoms with van der Waals surface area (Å²) in [6, 6.07) is 0. The monoisotopic (exact) mass is 241 g/mol. The molecule has 0 aromatic rings. The Morgan fingerprint density at radius 2 is 1.94 bits per heavy atom. The highest BCUT2D eigenvalue weighted by Gasteiger charge is 2.35. The molecule has 0 bridgehead atoms. The smallest absolute Gasteiger partial charge is 0.335 e. The molecule has 0 aromatic carbocycles.